The van der Waals surface area contributed by atoms with Gasteiger partial charge in [-0.1, -0.05) is 49.4 Å². The molecule has 1 N–H and O–H groups in total. The Hall–Kier alpha value is -2.60. The lowest BCUT2D eigenvalue weighted by molar-refractivity contribution is -0.136. The normalized spacial score (nSPS) is 11.3. The summed E-state index contributed by atoms with van der Waals surface area (Å²) in [4.78, 5) is 13.9. The van der Waals surface area contributed by atoms with Crippen LogP contribution in [0, 0.1) is 16.3 Å². The Bertz CT molecular complexity index is 898. The second kappa shape index (κ2) is 9.03. The number of hydrogen-bond donors (Lipinski definition) is 2. The van der Waals surface area contributed by atoms with Crippen molar-refractivity contribution in [2.24, 2.45) is 0 Å². The lowest BCUT2D eigenvalue weighted by Gasteiger charge is -2.00. The van der Waals surface area contributed by atoms with Gasteiger partial charge in [0.1, 0.15) is 17.8 Å². The zero-order valence-electron chi connectivity index (χ0n) is 13.6. The Morgan fingerprint density at radius 3 is 2.28 bits per heavy atom. The van der Waals surface area contributed by atoms with Crippen molar-refractivity contribution in [1.29, 1.82) is 0 Å². The van der Waals surface area contributed by atoms with Crippen LogP contribution < -0.4 is 0 Å². The minimum Gasteiger partial charge on any atom is -0.480 e. The molecular formula is C19H18FNO3S. The zero-order valence-corrected chi connectivity index (χ0v) is 14.5. The van der Waals surface area contributed by atoms with Gasteiger partial charge in [-0.2, -0.15) is 12.6 Å². The van der Waals surface area contributed by atoms with Crippen molar-refractivity contribution in [3.05, 3.63) is 77.4 Å². The summed E-state index contributed by atoms with van der Waals surface area (Å²) < 4.78 is 16.8. The molecule has 0 amide bonds. The number of rotatable bonds is 3. The number of carboxylic acid groups (broad SMARTS) is 1. The van der Waals surface area contributed by atoms with Gasteiger partial charge in [0.25, 0.3) is 0 Å². The molecule has 1 unspecified atom stereocenters. The minimum absolute atomic E-state index is 0.0579. The van der Waals surface area contributed by atoms with Gasteiger partial charge in [0.05, 0.1) is 5.25 Å². The molecule has 1 aromatic carbocycles. The van der Waals surface area contributed by atoms with Crippen molar-refractivity contribution in [1.82, 2.24) is 4.98 Å². The molecule has 0 aliphatic heterocycles. The molecule has 2 aliphatic carbocycles. The Balaban J connectivity index is 0.000000142. The van der Waals surface area contributed by atoms with Crippen molar-refractivity contribution in [2.75, 3.05) is 0 Å². The van der Waals surface area contributed by atoms with E-state index in [1.165, 1.54) is 12.5 Å². The first-order valence-corrected chi connectivity index (χ1v) is 8.19. The third-order valence-electron chi connectivity index (χ3n) is 3.45. The van der Waals surface area contributed by atoms with Crippen LogP contribution in [0.3, 0.4) is 0 Å². The van der Waals surface area contributed by atoms with E-state index in [1.54, 1.807) is 19.3 Å². The number of carboxylic acids is 1. The van der Waals surface area contributed by atoms with Crippen molar-refractivity contribution < 1.29 is 18.7 Å². The zero-order chi connectivity index (χ0) is 18.2. The molecular weight excluding hydrogens is 341 g/mol. The first-order valence-electron chi connectivity index (χ1n) is 7.67. The van der Waals surface area contributed by atoms with Crippen LogP contribution in [0.15, 0.2) is 65.6 Å². The van der Waals surface area contributed by atoms with Crippen LogP contribution in [0.4, 0.5) is 4.39 Å². The fraction of sp³-hybridized carbons (Fsp3) is 0.158. The number of halogens is 1. The molecule has 0 fully saturated rings. The number of carbonyl (C=O) groups is 1. The lowest BCUT2D eigenvalue weighted by atomic mass is 10.1. The largest absolute Gasteiger partial charge is 0.480 e. The summed E-state index contributed by atoms with van der Waals surface area (Å²) in [6.45, 7) is 1.78. The fourth-order valence-corrected chi connectivity index (χ4v) is 1.88. The van der Waals surface area contributed by atoms with Crippen LogP contribution in [0.1, 0.15) is 13.3 Å². The maximum atomic E-state index is 12.0. The molecule has 0 saturated heterocycles. The van der Waals surface area contributed by atoms with Crippen LogP contribution in [0.5, 0.6) is 0 Å². The Labute approximate surface area is 150 Å². The van der Waals surface area contributed by atoms with E-state index in [4.69, 9.17) is 9.52 Å². The van der Waals surface area contributed by atoms with Crippen LogP contribution in [0.2, 0.25) is 0 Å². The molecule has 4 rings (SSSR count). The number of benzene rings is 2. The predicted molar refractivity (Wildman–Crippen MR) is 96.7 cm³/mol. The Morgan fingerprint density at radius 1 is 1.28 bits per heavy atom. The molecule has 0 saturated carbocycles. The Kier molecular flexibility index (Phi) is 6.77. The van der Waals surface area contributed by atoms with Crippen LogP contribution in [-0.2, 0) is 4.79 Å². The SMILES string of the molecule is CCC(S)C(=O)O.Fc1cc2ccc1=2.c1ccc(-c2cocn2)cc1. The topological polar surface area (TPSA) is 63.3 Å². The first kappa shape index (κ1) is 18.7. The maximum absolute atomic E-state index is 12.0. The van der Waals surface area contributed by atoms with E-state index in [2.05, 4.69) is 17.6 Å². The maximum Gasteiger partial charge on any atom is 0.316 e. The summed E-state index contributed by atoms with van der Waals surface area (Å²) in [5.74, 6) is -0.900. The number of oxazole rings is 1. The van der Waals surface area contributed by atoms with Gasteiger partial charge in [-0.3, -0.25) is 4.79 Å². The smallest absolute Gasteiger partial charge is 0.316 e. The quantitative estimate of drug-likeness (QED) is 0.527. The molecule has 1 heterocycles. The minimum atomic E-state index is -0.842. The molecule has 0 spiro atoms. The van der Waals surface area contributed by atoms with Crippen molar-refractivity contribution >= 4 is 18.6 Å². The van der Waals surface area contributed by atoms with E-state index in [-0.39, 0.29) is 5.82 Å². The number of nitrogens with zero attached hydrogens (tertiary/aromatic N) is 1. The van der Waals surface area contributed by atoms with Gasteiger partial charge in [0.2, 0.25) is 0 Å². The predicted octanol–water partition coefficient (Wildman–Crippen LogP) is 4.55. The highest BCUT2D eigenvalue weighted by Crippen LogP contribution is 2.15. The van der Waals surface area contributed by atoms with Gasteiger partial charge in [-0.05, 0) is 17.7 Å². The van der Waals surface area contributed by atoms with Crippen molar-refractivity contribution in [2.45, 2.75) is 18.6 Å². The van der Waals surface area contributed by atoms with Crippen LogP contribution in [-0.4, -0.2) is 21.3 Å². The van der Waals surface area contributed by atoms with E-state index < -0.39 is 11.2 Å². The van der Waals surface area contributed by atoms with E-state index in [1.807, 2.05) is 36.4 Å². The molecule has 4 nitrogen and oxygen atoms in total. The van der Waals surface area contributed by atoms with Crippen LogP contribution in [0.25, 0.3) is 11.3 Å². The summed E-state index contributed by atoms with van der Waals surface area (Å²) in [6.07, 6.45) is 3.65. The Morgan fingerprint density at radius 2 is 2.00 bits per heavy atom. The highest BCUT2D eigenvalue weighted by Gasteiger charge is 2.06. The molecule has 6 heteroatoms. The van der Waals surface area contributed by atoms with E-state index in [0.29, 0.717) is 6.42 Å². The second-order valence-corrected chi connectivity index (χ2v) is 5.82. The molecule has 1 atom stereocenters. The van der Waals surface area contributed by atoms with Gasteiger partial charge in [0.15, 0.2) is 6.39 Å². The first-order chi connectivity index (χ1) is 12.0. The third kappa shape index (κ3) is 5.19. The number of aliphatic carboxylic acids is 1. The summed E-state index contributed by atoms with van der Waals surface area (Å²) >= 11 is 3.73. The molecule has 0 bridgehead atoms. The molecule has 0 radical (unpaired) electrons. The molecule has 1 aromatic heterocycles. The molecule has 2 aromatic rings. The van der Waals surface area contributed by atoms with Gasteiger partial charge >= 0.3 is 5.97 Å². The van der Waals surface area contributed by atoms with Gasteiger partial charge in [-0.25, -0.2) is 9.37 Å². The standard InChI is InChI=1S/C9H7NO.C6H3F.C4H8O2S/c1-2-4-8(5-3-1)9-6-11-7-10-9;7-6-3-4-1-2-5(4)6;1-2-3(7)4(5)6/h1-7H;1-3H;3,7H,2H2,1H3,(H,5,6). The van der Waals surface area contributed by atoms with Gasteiger partial charge < -0.3 is 9.52 Å². The van der Waals surface area contributed by atoms with E-state index in [0.717, 1.165) is 21.7 Å². The average Bonchev–Trinajstić information content (AvgIpc) is 3.15. The van der Waals surface area contributed by atoms with Crippen LogP contribution >= 0.6 is 12.6 Å². The molecule has 130 valence electrons. The highest BCUT2D eigenvalue weighted by atomic mass is 32.1. The number of hydrogen-bond acceptors (Lipinski definition) is 4. The number of thiol groups is 1. The van der Waals surface area contributed by atoms with E-state index >= 15 is 0 Å². The summed E-state index contributed by atoms with van der Waals surface area (Å²) in [5, 5.41) is 9.49. The number of aromatic nitrogens is 1. The van der Waals surface area contributed by atoms with E-state index in [9.17, 15) is 9.18 Å². The van der Waals surface area contributed by atoms with Crippen molar-refractivity contribution in [3.63, 3.8) is 0 Å². The van der Waals surface area contributed by atoms with Gasteiger partial charge in [-0.15, -0.1) is 0 Å². The third-order valence-corrected chi connectivity index (χ3v) is 4.04. The monoisotopic (exact) mass is 359 g/mol. The summed E-state index contributed by atoms with van der Waals surface area (Å²) in [6, 6.07) is 15.1. The fourth-order valence-electron chi connectivity index (χ4n) is 1.88. The summed E-state index contributed by atoms with van der Waals surface area (Å²) in [7, 11) is 0. The van der Waals surface area contributed by atoms with Crippen molar-refractivity contribution in [3.8, 4) is 11.3 Å². The second-order valence-electron chi connectivity index (χ2n) is 5.20. The molecule has 2 aliphatic rings. The summed E-state index contributed by atoms with van der Waals surface area (Å²) in [5.41, 5.74) is 1.96. The van der Waals surface area contributed by atoms with Gasteiger partial charge in [0, 0.05) is 10.8 Å². The highest BCUT2D eigenvalue weighted by molar-refractivity contribution is 7.81. The molecule has 25 heavy (non-hydrogen) atoms. The average molecular weight is 359 g/mol. The lowest BCUT2D eigenvalue weighted by Crippen LogP contribution is -2.10.